The Morgan fingerprint density at radius 2 is 1.85 bits per heavy atom. The maximum Gasteiger partial charge on any atom is 0.573 e. The molecule has 27 heavy (non-hydrogen) atoms. The molecule has 0 radical (unpaired) electrons. The molecule has 5 nitrogen and oxygen atoms in total. The second kappa shape index (κ2) is 6.73. The molecule has 2 aromatic carbocycles. The summed E-state index contributed by atoms with van der Waals surface area (Å²) in [5.41, 5.74) is 1.36. The molecule has 0 aliphatic carbocycles. The van der Waals surface area contributed by atoms with Gasteiger partial charge in [-0.1, -0.05) is 23.5 Å². The van der Waals surface area contributed by atoms with Gasteiger partial charge in [0.05, 0.1) is 16.1 Å². The van der Waals surface area contributed by atoms with Gasteiger partial charge in [-0.25, -0.2) is 4.98 Å². The van der Waals surface area contributed by atoms with Crippen molar-refractivity contribution < 1.29 is 22.7 Å². The first kappa shape index (κ1) is 17.6. The molecular weight excluding hydrogens is 379 g/mol. The number of aromatic nitrogens is 1. The third-order valence-electron chi connectivity index (χ3n) is 4.16. The van der Waals surface area contributed by atoms with Crippen molar-refractivity contribution >= 4 is 38.3 Å². The molecule has 4 rings (SSSR count). The van der Waals surface area contributed by atoms with Crippen LogP contribution in [0, 0.1) is 5.92 Å². The number of thiazole rings is 1. The summed E-state index contributed by atoms with van der Waals surface area (Å²) in [7, 11) is 0. The average Bonchev–Trinajstić information content (AvgIpc) is 2.97. The average molecular weight is 393 g/mol. The molecule has 3 aromatic rings. The third kappa shape index (κ3) is 3.97. The summed E-state index contributed by atoms with van der Waals surface area (Å²) >= 11 is 1.58. The Balaban J connectivity index is 1.32. The van der Waals surface area contributed by atoms with Gasteiger partial charge in [0, 0.05) is 18.8 Å². The van der Waals surface area contributed by atoms with Crippen molar-refractivity contribution in [3.63, 3.8) is 0 Å². The van der Waals surface area contributed by atoms with Crippen LogP contribution in [0.2, 0.25) is 0 Å². The van der Waals surface area contributed by atoms with Gasteiger partial charge in [0.15, 0.2) is 5.13 Å². The van der Waals surface area contributed by atoms with E-state index in [0.29, 0.717) is 18.8 Å². The Bertz CT molecular complexity index is 933. The molecule has 0 unspecified atom stereocenters. The molecule has 9 heteroatoms. The predicted molar refractivity (Wildman–Crippen MR) is 97.1 cm³/mol. The smallest absolute Gasteiger partial charge is 0.406 e. The van der Waals surface area contributed by atoms with Gasteiger partial charge in [0.2, 0.25) is 5.91 Å². The molecule has 0 bridgehead atoms. The topological polar surface area (TPSA) is 54.5 Å². The minimum Gasteiger partial charge on any atom is -0.406 e. The van der Waals surface area contributed by atoms with Crippen LogP contribution in [-0.4, -0.2) is 30.3 Å². The maximum atomic E-state index is 12.3. The fourth-order valence-electron chi connectivity index (χ4n) is 2.78. The van der Waals surface area contributed by atoms with Crippen molar-refractivity contribution in [1.29, 1.82) is 0 Å². The highest BCUT2D eigenvalue weighted by Gasteiger charge is 2.34. The molecule has 1 saturated heterocycles. The van der Waals surface area contributed by atoms with E-state index in [9.17, 15) is 18.0 Å². The first-order chi connectivity index (χ1) is 12.9. The monoisotopic (exact) mass is 393 g/mol. The molecule has 1 amide bonds. The lowest BCUT2D eigenvalue weighted by atomic mass is 10.00. The predicted octanol–water partition coefficient (Wildman–Crippen LogP) is 4.27. The number of benzene rings is 2. The number of ether oxygens (including phenoxy) is 1. The number of amides is 1. The third-order valence-corrected chi connectivity index (χ3v) is 5.26. The van der Waals surface area contributed by atoms with Crippen LogP contribution in [0.5, 0.6) is 5.75 Å². The summed E-state index contributed by atoms with van der Waals surface area (Å²) < 4.78 is 41.4. The number of fused-ring (bicyclic) bond motifs is 1. The minimum atomic E-state index is -4.74. The Labute approximate surface area is 156 Å². The fraction of sp³-hybridized carbons (Fsp3) is 0.222. The Morgan fingerprint density at radius 1 is 1.15 bits per heavy atom. The van der Waals surface area contributed by atoms with E-state index in [2.05, 4.69) is 15.0 Å². The molecule has 1 N–H and O–H groups in total. The Kier molecular flexibility index (Phi) is 4.39. The summed E-state index contributed by atoms with van der Waals surface area (Å²) in [6.07, 6.45) is -4.74. The van der Waals surface area contributed by atoms with Crippen molar-refractivity contribution in [2.24, 2.45) is 5.92 Å². The number of nitrogens with zero attached hydrogens (tertiary/aromatic N) is 2. The first-order valence-corrected chi connectivity index (χ1v) is 8.96. The van der Waals surface area contributed by atoms with E-state index < -0.39 is 6.36 Å². The Hall–Kier alpha value is -2.81. The molecule has 140 valence electrons. The lowest BCUT2D eigenvalue weighted by Crippen LogP contribution is -2.52. The van der Waals surface area contributed by atoms with Gasteiger partial charge in [0.1, 0.15) is 5.75 Å². The molecule has 1 fully saturated rings. The van der Waals surface area contributed by atoms with Crippen LogP contribution < -0.4 is 15.0 Å². The number of hydrogen-bond donors (Lipinski definition) is 1. The van der Waals surface area contributed by atoms with Crippen LogP contribution >= 0.6 is 11.3 Å². The van der Waals surface area contributed by atoms with E-state index in [-0.39, 0.29) is 17.6 Å². The highest BCUT2D eigenvalue weighted by molar-refractivity contribution is 7.22. The summed E-state index contributed by atoms with van der Waals surface area (Å²) in [6.45, 7) is 1.11. The summed E-state index contributed by atoms with van der Waals surface area (Å²) in [5, 5.41) is 3.60. The van der Waals surface area contributed by atoms with Crippen molar-refractivity contribution in [1.82, 2.24) is 4.98 Å². The van der Waals surface area contributed by atoms with E-state index >= 15 is 0 Å². The SMILES string of the molecule is O=C(Nc1ccc(OC(F)(F)F)cc1)C1CN(c2nc3ccccc3s2)C1. The van der Waals surface area contributed by atoms with Gasteiger partial charge in [-0.15, -0.1) is 13.2 Å². The van der Waals surface area contributed by atoms with Gasteiger partial charge < -0.3 is 15.0 Å². The van der Waals surface area contributed by atoms with E-state index in [4.69, 9.17) is 0 Å². The van der Waals surface area contributed by atoms with Gasteiger partial charge in [-0.05, 0) is 36.4 Å². The zero-order valence-electron chi connectivity index (χ0n) is 13.9. The van der Waals surface area contributed by atoms with Gasteiger partial charge >= 0.3 is 6.36 Å². The number of hydrogen-bond acceptors (Lipinski definition) is 5. The molecular formula is C18H14F3N3O2S. The van der Waals surface area contributed by atoms with Crippen molar-refractivity contribution in [2.75, 3.05) is 23.3 Å². The van der Waals surface area contributed by atoms with E-state index in [1.807, 2.05) is 29.2 Å². The molecule has 0 saturated carbocycles. The Morgan fingerprint density at radius 3 is 2.52 bits per heavy atom. The quantitative estimate of drug-likeness (QED) is 0.719. The number of para-hydroxylation sites is 1. The van der Waals surface area contributed by atoms with Crippen LogP contribution in [0.4, 0.5) is 24.0 Å². The van der Waals surface area contributed by atoms with Gasteiger partial charge in [-0.3, -0.25) is 4.79 Å². The number of anilines is 2. The van der Waals surface area contributed by atoms with E-state index in [1.54, 1.807) is 11.3 Å². The number of carbonyl (C=O) groups excluding carboxylic acids is 1. The number of carbonyl (C=O) groups is 1. The van der Waals surface area contributed by atoms with Crippen LogP contribution in [0.15, 0.2) is 48.5 Å². The molecule has 1 aliphatic rings. The number of nitrogens with one attached hydrogen (secondary N) is 1. The molecule has 1 aliphatic heterocycles. The van der Waals surface area contributed by atoms with E-state index in [0.717, 1.165) is 27.5 Å². The van der Waals surface area contributed by atoms with Crippen molar-refractivity contribution in [2.45, 2.75) is 6.36 Å². The standard InChI is InChI=1S/C18H14F3N3O2S/c19-18(20,21)26-13-7-5-12(6-8-13)22-16(25)11-9-24(10-11)17-23-14-3-1-2-4-15(14)27-17/h1-8,11H,9-10H2,(H,22,25). The molecule has 1 aromatic heterocycles. The summed E-state index contributed by atoms with van der Waals surface area (Å²) in [4.78, 5) is 18.9. The molecule has 2 heterocycles. The second-order valence-electron chi connectivity index (χ2n) is 6.13. The van der Waals surface area contributed by atoms with E-state index in [1.165, 1.54) is 12.1 Å². The summed E-state index contributed by atoms with van der Waals surface area (Å²) in [6, 6.07) is 12.9. The lowest BCUT2D eigenvalue weighted by Gasteiger charge is -2.37. The zero-order valence-corrected chi connectivity index (χ0v) is 14.7. The highest BCUT2D eigenvalue weighted by Crippen LogP contribution is 2.33. The fourth-order valence-corrected chi connectivity index (χ4v) is 3.76. The van der Waals surface area contributed by atoms with Gasteiger partial charge in [-0.2, -0.15) is 0 Å². The second-order valence-corrected chi connectivity index (χ2v) is 7.14. The number of alkyl halides is 3. The molecule has 0 atom stereocenters. The molecule has 0 spiro atoms. The zero-order chi connectivity index (χ0) is 19.0. The first-order valence-electron chi connectivity index (χ1n) is 8.14. The van der Waals surface area contributed by atoms with Crippen LogP contribution in [0.1, 0.15) is 0 Å². The van der Waals surface area contributed by atoms with Crippen molar-refractivity contribution in [3.05, 3.63) is 48.5 Å². The largest absolute Gasteiger partial charge is 0.573 e. The highest BCUT2D eigenvalue weighted by atomic mass is 32.1. The summed E-state index contributed by atoms with van der Waals surface area (Å²) in [5.74, 6) is -0.689. The lowest BCUT2D eigenvalue weighted by molar-refractivity contribution is -0.274. The van der Waals surface area contributed by atoms with Crippen molar-refractivity contribution in [3.8, 4) is 5.75 Å². The number of rotatable bonds is 4. The number of halogens is 3. The maximum absolute atomic E-state index is 12.3. The van der Waals surface area contributed by atoms with Crippen LogP contribution in [-0.2, 0) is 4.79 Å². The normalized spacial score (nSPS) is 14.9. The van der Waals surface area contributed by atoms with Gasteiger partial charge in [0.25, 0.3) is 0 Å². The minimum absolute atomic E-state index is 0.170. The van der Waals surface area contributed by atoms with Crippen LogP contribution in [0.25, 0.3) is 10.2 Å². The van der Waals surface area contributed by atoms with Crippen LogP contribution in [0.3, 0.4) is 0 Å².